The van der Waals surface area contributed by atoms with E-state index < -0.39 is 10.5 Å². The monoisotopic (exact) mass is 190 g/mol. The van der Waals surface area contributed by atoms with Crippen molar-refractivity contribution in [3.8, 4) is 0 Å². The minimum atomic E-state index is -1.18. The molecule has 0 radical (unpaired) electrons. The summed E-state index contributed by atoms with van der Waals surface area (Å²) in [4.78, 5) is 10.0. The van der Waals surface area contributed by atoms with E-state index in [1.165, 1.54) is 6.92 Å². The summed E-state index contributed by atoms with van der Waals surface area (Å²) in [6, 6.07) is 0. The average Bonchev–Trinajstić information content (AvgIpc) is 1.63. The zero-order valence-electron chi connectivity index (χ0n) is 4.66. The average molecular weight is 191 g/mol. The van der Waals surface area contributed by atoms with Gasteiger partial charge in [-0.05, 0) is 6.92 Å². The SMILES string of the molecule is CC(Cl)(CCl)OC(=O)Cl. The fraction of sp³-hybridized carbons (Fsp3) is 0.750. The molecule has 0 saturated heterocycles. The molecule has 0 N–H and O–H groups in total. The van der Waals surface area contributed by atoms with Gasteiger partial charge in [0.1, 0.15) is 0 Å². The maximum absolute atomic E-state index is 10.0. The molecule has 0 aliphatic heterocycles. The highest BCUT2D eigenvalue weighted by Crippen LogP contribution is 2.18. The molecule has 0 spiro atoms. The molecule has 2 nitrogen and oxygen atoms in total. The zero-order chi connectivity index (χ0) is 7.49. The van der Waals surface area contributed by atoms with E-state index in [4.69, 9.17) is 34.8 Å². The molecule has 0 aromatic heterocycles. The van der Waals surface area contributed by atoms with Gasteiger partial charge in [0.15, 0.2) is 5.06 Å². The van der Waals surface area contributed by atoms with Gasteiger partial charge in [-0.1, -0.05) is 11.6 Å². The molecule has 0 aromatic carbocycles. The molecule has 0 amide bonds. The van der Waals surface area contributed by atoms with E-state index in [0.717, 1.165) is 0 Å². The maximum atomic E-state index is 10.0. The summed E-state index contributed by atoms with van der Waals surface area (Å²) in [6.07, 6.45) is 0. The Bertz CT molecular complexity index is 112. The van der Waals surface area contributed by atoms with Gasteiger partial charge in [0, 0.05) is 11.6 Å². The predicted molar refractivity (Wildman–Crippen MR) is 37.3 cm³/mol. The lowest BCUT2D eigenvalue weighted by Crippen LogP contribution is -2.24. The second-order valence-electron chi connectivity index (χ2n) is 1.58. The largest absolute Gasteiger partial charge is 0.430 e. The van der Waals surface area contributed by atoms with Gasteiger partial charge >= 0.3 is 5.43 Å². The molecule has 5 heteroatoms. The van der Waals surface area contributed by atoms with E-state index >= 15 is 0 Å². The van der Waals surface area contributed by atoms with Gasteiger partial charge < -0.3 is 4.74 Å². The summed E-state index contributed by atoms with van der Waals surface area (Å²) in [5, 5.41) is -1.18. The number of carbonyl (C=O) groups excluding carboxylic acids is 1. The number of carbonyl (C=O) groups is 1. The van der Waals surface area contributed by atoms with Crippen molar-refractivity contribution in [3.05, 3.63) is 0 Å². The molecular weight excluding hydrogens is 186 g/mol. The van der Waals surface area contributed by atoms with Gasteiger partial charge in [0.2, 0.25) is 0 Å². The normalized spacial score (nSPS) is 16.4. The molecule has 1 atom stereocenters. The van der Waals surface area contributed by atoms with Gasteiger partial charge in [0.25, 0.3) is 0 Å². The zero-order valence-corrected chi connectivity index (χ0v) is 6.93. The summed E-state index contributed by atoms with van der Waals surface area (Å²) in [7, 11) is 0. The summed E-state index contributed by atoms with van der Waals surface area (Å²) in [5.41, 5.74) is -0.951. The Kier molecular flexibility index (Phi) is 3.63. The highest BCUT2D eigenvalue weighted by Gasteiger charge is 2.23. The third kappa shape index (κ3) is 4.82. The van der Waals surface area contributed by atoms with Gasteiger partial charge in [-0.15, -0.1) is 11.6 Å². The van der Waals surface area contributed by atoms with Crippen LogP contribution >= 0.6 is 34.8 Å². The van der Waals surface area contributed by atoms with E-state index in [0.29, 0.717) is 0 Å². The van der Waals surface area contributed by atoms with E-state index in [9.17, 15) is 4.79 Å². The maximum Gasteiger partial charge on any atom is 0.405 e. The first-order chi connectivity index (χ1) is 3.98. The molecule has 54 valence electrons. The van der Waals surface area contributed by atoms with Crippen LogP contribution in [0.25, 0.3) is 0 Å². The Balaban J connectivity index is 3.71. The third-order valence-electron chi connectivity index (χ3n) is 0.532. The van der Waals surface area contributed by atoms with Crippen LogP contribution in [0.15, 0.2) is 0 Å². The number of hydrogen-bond acceptors (Lipinski definition) is 2. The van der Waals surface area contributed by atoms with Crippen molar-refractivity contribution in [2.75, 3.05) is 5.88 Å². The molecular formula is C4H5Cl3O2. The van der Waals surface area contributed by atoms with E-state index in [1.54, 1.807) is 0 Å². The lowest BCUT2D eigenvalue weighted by molar-refractivity contribution is 0.119. The number of ether oxygens (including phenoxy) is 1. The summed E-state index contributed by atoms with van der Waals surface area (Å²) < 4.78 is 4.35. The Labute approximate surface area is 68.0 Å². The predicted octanol–water partition coefficient (Wildman–Crippen LogP) is 2.56. The second-order valence-corrected chi connectivity index (χ2v) is 2.95. The van der Waals surface area contributed by atoms with E-state index in [1.807, 2.05) is 0 Å². The molecule has 1 unspecified atom stereocenters. The van der Waals surface area contributed by atoms with Crippen LogP contribution in [0, 0.1) is 0 Å². The van der Waals surface area contributed by atoms with Gasteiger partial charge in [-0.3, -0.25) is 0 Å². The van der Waals surface area contributed by atoms with Crippen molar-refractivity contribution in [1.82, 2.24) is 0 Å². The Hall–Kier alpha value is 0.340. The van der Waals surface area contributed by atoms with Crippen molar-refractivity contribution >= 4 is 40.2 Å². The molecule has 0 aliphatic rings. The first-order valence-electron chi connectivity index (χ1n) is 2.11. The highest BCUT2D eigenvalue weighted by molar-refractivity contribution is 6.61. The summed E-state index contributed by atoms with van der Waals surface area (Å²) in [5.74, 6) is 0.00696. The van der Waals surface area contributed by atoms with Crippen molar-refractivity contribution in [2.45, 2.75) is 12.0 Å². The van der Waals surface area contributed by atoms with Crippen molar-refractivity contribution < 1.29 is 9.53 Å². The molecule has 0 rings (SSSR count). The van der Waals surface area contributed by atoms with Crippen molar-refractivity contribution in [3.63, 3.8) is 0 Å². The Morgan fingerprint density at radius 3 is 2.33 bits per heavy atom. The first-order valence-corrected chi connectivity index (χ1v) is 3.40. The molecule has 0 saturated carbocycles. The van der Waals surface area contributed by atoms with Gasteiger partial charge in [-0.25, -0.2) is 4.79 Å². The topological polar surface area (TPSA) is 26.3 Å². The minimum Gasteiger partial charge on any atom is -0.430 e. The van der Waals surface area contributed by atoms with Crippen molar-refractivity contribution in [1.29, 1.82) is 0 Å². The number of alkyl halides is 2. The fourth-order valence-electron chi connectivity index (χ4n) is 0.195. The van der Waals surface area contributed by atoms with Crippen LogP contribution in [-0.2, 0) is 4.74 Å². The number of hydrogen-bond donors (Lipinski definition) is 0. The second kappa shape index (κ2) is 3.49. The Morgan fingerprint density at radius 2 is 2.22 bits per heavy atom. The van der Waals surface area contributed by atoms with Gasteiger partial charge in [-0.2, -0.15) is 0 Å². The standard InChI is InChI=1S/C4H5Cl3O2/c1-4(7,2-5)9-3(6)8/h2H2,1H3. The van der Waals surface area contributed by atoms with Crippen LogP contribution in [0.1, 0.15) is 6.92 Å². The first kappa shape index (κ1) is 9.34. The molecule has 0 heterocycles. The summed E-state index contributed by atoms with van der Waals surface area (Å²) in [6.45, 7) is 1.45. The molecule has 0 bridgehead atoms. The van der Waals surface area contributed by atoms with Crippen LogP contribution in [0.4, 0.5) is 4.79 Å². The van der Waals surface area contributed by atoms with Crippen LogP contribution in [0.5, 0.6) is 0 Å². The molecule has 0 fully saturated rings. The van der Waals surface area contributed by atoms with Crippen molar-refractivity contribution in [2.24, 2.45) is 0 Å². The van der Waals surface area contributed by atoms with E-state index in [2.05, 4.69) is 4.74 Å². The molecule has 0 aliphatic carbocycles. The fourth-order valence-corrected chi connectivity index (χ4v) is 0.529. The number of halogens is 3. The molecule has 9 heavy (non-hydrogen) atoms. The highest BCUT2D eigenvalue weighted by atomic mass is 35.5. The Morgan fingerprint density at radius 1 is 1.78 bits per heavy atom. The van der Waals surface area contributed by atoms with Gasteiger partial charge in [0.05, 0.1) is 5.88 Å². The molecule has 0 aromatic rings. The summed E-state index contributed by atoms with van der Waals surface area (Å²) >= 11 is 15.6. The smallest absolute Gasteiger partial charge is 0.405 e. The quantitative estimate of drug-likeness (QED) is 0.495. The van der Waals surface area contributed by atoms with Crippen LogP contribution in [0.2, 0.25) is 0 Å². The van der Waals surface area contributed by atoms with Crippen LogP contribution in [-0.4, -0.2) is 16.4 Å². The lowest BCUT2D eigenvalue weighted by Gasteiger charge is -2.16. The minimum absolute atomic E-state index is 0.00696. The number of rotatable bonds is 2. The lowest BCUT2D eigenvalue weighted by atomic mass is 10.5. The third-order valence-corrected chi connectivity index (χ3v) is 1.47. The van der Waals surface area contributed by atoms with Crippen LogP contribution < -0.4 is 0 Å². The van der Waals surface area contributed by atoms with E-state index in [-0.39, 0.29) is 5.88 Å². The van der Waals surface area contributed by atoms with Crippen LogP contribution in [0.3, 0.4) is 0 Å².